The SMILES string of the molecule is CN1C(=O)OC(C)(C)c2cc(Nc3ccc(C#N)cc3)ccc21. The minimum Gasteiger partial charge on any atom is -0.438 e. The first-order chi connectivity index (χ1) is 10.9. The lowest BCUT2D eigenvalue weighted by Gasteiger charge is -2.37. The Labute approximate surface area is 135 Å². The number of ether oxygens (including phenoxy) is 1. The maximum Gasteiger partial charge on any atom is 0.414 e. The Kier molecular flexibility index (Phi) is 3.45. The van der Waals surface area contributed by atoms with Crippen molar-refractivity contribution in [2.24, 2.45) is 0 Å². The summed E-state index contributed by atoms with van der Waals surface area (Å²) in [5.74, 6) is 0. The van der Waals surface area contributed by atoms with Gasteiger partial charge in [0.1, 0.15) is 5.60 Å². The summed E-state index contributed by atoms with van der Waals surface area (Å²) in [4.78, 5) is 13.4. The third kappa shape index (κ3) is 2.71. The van der Waals surface area contributed by atoms with E-state index in [0.29, 0.717) is 5.56 Å². The van der Waals surface area contributed by atoms with Crippen molar-refractivity contribution < 1.29 is 9.53 Å². The molecule has 0 unspecified atom stereocenters. The number of cyclic esters (lactones) is 1. The third-order valence-corrected chi connectivity index (χ3v) is 3.93. The summed E-state index contributed by atoms with van der Waals surface area (Å²) in [6.07, 6.45) is -0.352. The fourth-order valence-electron chi connectivity index (χ4n) is 2.62. The van der Waals surface area contributed by atoms with Crippen LogP contribution in [0.3, 0.4) is 0 Å². The van der Waals surface area contributed by atoms with Crippen molar-refractivity contribution in [3.8, 4) is 6.07 Å². The first-order valence-corrected chi connectivity index (χ1v) is 7.29. The first-order valence-electron chi connectivity index (χ1n) is 7.29. The van der Waals surface area contributed by atoms with Crippen LogP contribution in [0.1, 0.15) is 25.0 Å². The van der Waals surface area contributed by atoms with E-state index in [1.54, 1.807) is 19.2 Å². The minimum absolute atomic E-state index is 0.352. The number of carbonyl (C=O) groups excluding carboxylic acids is 1. The van der Waals surface area contributed by atoms with Crippen LogP contribution in [0, 0.1) is 11.3 Å². The molecule has 0 aliphatic carbocycles. The van der Waals surface area contributed by atoms with E-state index in [1.807, 2.05) is 44.2 Å². The largest absolute Gasteiger partial charge is 0.438 e. The summed E-state index contributed by atoms with van der Waals surface area (Å²) in [6, 6.07) is 15.1. The van der Waals surface area contributed by atoms with E-state index in [0.717, 1.165) is 22.6 Å². The minimum atomic E-state index is -0.679. The van der Waals surface area contributed by atoms with Crippen molar-refractivity contribution >= 4 is 23.2 Å². The number of hydrogen-bond donors (Lipinski definition) is 1. The Morgan fingerprint density at radius 3 is 2.43 bits per heavy atom. The molecule has 2 aromatic rings. The number of nitriles is 1. The number of rotatable bonds is 2. The second-order valence-corrected chi connectivity index (χ2v) is 5.98. The molecule has 1 N–H and O–H groups in total. The zero-order valence-corrected chi connectivity index (χ0v) is 13.3. The summed E-state index contributed by atoms with van der Waals surface area (Å²) < 4.78 is 5.47. The van der Waals surface area contributed by atoms with Gasteiger partial charge in [0.05, 0.1) is 17.3 Å². The summed E-state index contributed by atoms with van der Waals surface area (Å²) in [7, 11) is 1.70. The van der Waals surface area contributed by atoms with Gasteiger partial charge < -0.3 is 10.1 Å². The monoisotopic (exact) mass is 307 g/mol. The van der Waals surface area contributed by atoms with Crippen LogP contribution in [0.4, 0.5) is 21.9 Å². The first kappa shape index (κ1) is 14.9. The van der Waals surface area contributed by atoms with Crippen molar-refractivity contribution in [2.45, 2.75) is 19.4 Å². The van der Waals surface area contributed by atoms with Crippen molar-refractivity contribution in [1.29, 1.82) is 5.26 Å². The van der Waals surface area contributed by atoms with Gasteiger partial charge in [0, 0.05) is 24.0 Å². The molecule has 0 atom stereocenters. The molecule has 0 bridgehead atoms. The molecule has 0 saturated carbocycles. The maximum atomic E-state index is 11.9. The van der Waals surface area contributed by atoms with Crippen LogP contribution in [-0.2, 0) is 10.3 Å². The van der Waals surface area contributed by atoms with Gasteiger partial charge in [0.25, 0.3) is 0 Å². The normalized spacial score (nSPS) is 15.4. The van der Waals surface area contributed by atoms with Gasteiger partial charge in [0.15, 0.2) is 0 Å². The number of benzene rings is 2. The van der Waals surface area contributed by atoms with Crippen LogP contribution in [0.5, 0.6) is 0 Å². The summed E-state index contributed by atoms with van der Waals surface area (Å²) >= 11 is 0. The van der Waals surface area contributed by atoms with Crippen molar-refractivity contribution in [1.82, 2.24) is 0 Å². The molecule has 5 nitrogen and oxygen atoms in total. The Bertz CT molecular complexity index is 804. The average molecular weight is 307 g/mol. The molecular formula is C18H17N3O2. The van der Waals surface area contributed by atoms with Crippen LogP contribution < -0.4 is 10.2 Å². The molecule has 1 aliphatic heterocycles. The number of carbonyl (C=O) groups is 1. The standard InChI is InChI=1S/C18H17N3O2/c1-18(2)15-10-14(8-9-16(15)21(3)17(22)23-18)20-13-6-4-12(11-19)5-7-13/h4-10,20H,1-3H3. The second kappa shape index (κ2) is 5.33. The number of hydrogen-bond acceptors (Lipinski definition) is 4. The predicted octanol–water partition coefficient (Wildman–Crippen LogP) is 4.12. The van der Waals surface area contributed by atoms with Gasteiger partial charge in [-0.1, -0.05) is 0 Å². The van der Waals surface area contributed by atoms with E-state index in [2.05, 4.69) is 11.4 Å². The number of fused-ring (bicyclic) bond motifs is 1. The van der Waals surface area contributed by atoms with Gasteiger partial charge in [-0.2, -0.15) is 5.26 Å². The van der Waals surface area contributed by atoms with Gasteiger partial charge in [-0.3, -0.25) is 4.90 Å². The molecule has 1 amide bonds. The Morgan fingerprint density at radius 1 is 1.13 bits per heavy atom. The fourth-order valence-corrected chi connectivity index (χ4v) is 2.62. The van der Waals surface area contributed by atoms with E-state index in [-0.39, 0.29) is 6.09 Å². The maximum absolute atomic E-state index is 11.9. The number of nitrogens with one attached hydrogen (secondary N) is 1. The molecule has 116 valence electrons. The zero-order valence-electron chi connectivity index (χ0n) is 13.3. The topological polar surface area (TPSA) is 65.4 Å². The molecule has 0 radical (unpaired) electrons. The summed E-state index contributed by atoms with van der Waals surface area (Å²) in [5, 5.41) is 12.1. The molecule has 0 fully saturated rings. The van der Waals surface area contributed by atoms with Gasteiger partial charge in [-0.05, 0) is 56.3 Å². The van der Waals surface area contributed by atoms with Crippen LogP contribution >= 0.6 is 0 Å². The lowest BCUT2D eigenvalue weighted by atomic mass is 9.93. The highest BCUT2D eigenvalue weighted by molar-refractivity contribution is 5.91. The van der Waals surface area contributed by atoms with Gasteiger partial charge in [-0.15, -0.1) is 0 Å². The van der Waals surface area contributed by atoms with Gasteiger partial charge in [0.2, 0.25) is 0 Å². The number of anilines is 3. The lowest BCUT2D eigenvalue weighted by Crippen LogP contribution is -2.41. The van der Waals surface area contributed by atoms with E-state index in [1.165, 1.54) is 4.90 Å². The Hall–Kier alpha value is -3.00. The Balaban J connectivity index is 1.94. The van der Waals surface area contributed by atoms with Gasteiger partial charge in [-0.25, -0.2) is 4.79 Å². The quantitative estimate of drug-likeness (QED) is 0.906. The zero-order chi connectivity index (χ0) is 16.6. The molecule has 0 spiro atoms. The second-order valence-electron chi connectivity index (χ2n) is 5.98. The van der Waals surface area contributed by atoms with E-state index < -0.39 is 5.60 Å². The van der Waals surface area contributed by atoms with Crippen LogP contribution in [0.25, 0.3) is 0 Å². The van der Waals surface area contributed by atoms with Crippen molar-refractivity contribution in [2.75, 3.05) is 17.3 Å². The smallest absolute Gasteiger partial charge is 0.414 e. The van der Waals surface area contributed by atoms with Crippen LogP contribution in [-0.4, -0.2) is 13.1 Å². The Morgan fingerprint density at radius 2 is 1.78 bits per heavy atom. The highest BCUT2D eigenvalue weighted by Gasteiger charge is 2.36. The van der Waals surface area contributed by atoms with E-state index in [4.69, 9.17) is 10.00 Å². The molecule has 3 rings (SSSR count). The summed E-state index contributed by atoms with van der Waals surface area (Å²) in [6.45, 7) is 3.75. The number of amides is 1. The highest BCUT2D eigenvalue weighted by atomic mass is 16.6. The fraction of sp³-hybridized carbons (Fsp3) is 0.222. The third-order valence-electron chi connectivity index (χ3n) is 3.93. The van der Waals surface area contributed by atoms with Gasteiger partial charge >= 0.3 is 6.09 Å². The molecule has 1 aliphatic rings. The molecule has 0 saturated heterocycles. The lowest BCUT2D eigenvalue weighted by molar-refractivity contribution is 0.0362. The molecule has 5 heteroatoms. The molecule has 0 aromatic heterocycles. The molecule has 2 aromatic carbocycles. The van der Waals surface area contributed by atoms with E-state index >= 15 is 0 Å². The average Bonchev–Trinajstić information content (AvgIpc) is 2.53. The van der Waals surface area contributed by atoms with Crippen LogP contribution in [0.2, 0.25) is 0 Å². The van der Waals surface area contributed by atoms with E-state index in [9.17, 15) is 4.79 Å². The van der Waals surface area contributed by atoms with Crippen molar-refractivity contribution in [3.63, 3.8) is 0 Å². The molecule has 23 heavy (non-hydrogen) atoms. The van der Waals surface area contributed by atoms with Crippen LogP contribution in [0.15, 0.2) is 42.5 Å². The number of nitrogens with zero attached hydrogens (tertiary/aromatic N) is 2. The highest BCUT2D eigenvalue weighted by Crippen LogP contribution is 2.39. The van der Waals surface area contributed by atoms with Crippen molar-refractivity contribution in [3.05, 3.63) is 53.6 Å². The molecule has 1 heterocycles. The summed E-state index contributed by atoms with van der Waals surface area (Å²) in [5.41, 5.74) is 3.52. The predicted molar refractivity (Wildman–Crippen MR) is 88.8 cm³/mol. The molecular weight excluding hydrogens is 290 g/mol.